The third-order valence-electron chi connectivity index (χ3n) is 3.90. The summed E-state index contributed by atoms with van der Waals surface area (Å²) in [7, 11) is -2.12. The second-order valence-corrected chi connectivity index (χ2v) is 7.32. The molecular weight excluding hydrogens is 318 g/mol. The molecule has 0 spiro atoms. The molecule has 128 valence electrons. The average Bonchev–Trinajstić information content (AvgIpc) is 2.54. The van der Waals surface area contributed by atoms with Gasteiger partial charge in [0.2, 0.25) is 15.9 Å². The SMILES string of the molecule is CCN1CCN(S(=O)(=O)c2ccc(NC(C)=O)c(OC)c2)CC1. The van der Waals surface area contributed by atoms with Crippen molar-refractivity contribution in [2.75, 3.05) is 45.2 Å². The van der Waals surface area contributed by atoms with E-state index in [2.05, 4.69) is 17.1 Å². The molecule has 8 heteroatoms. The van der Waals surface area contributed by atoms with Crippen LogP contribution in [0.25, 0.3) is 0 Å². The number of amides is 1. The molecule has 1 aromatic rings. The molecule has 0 saturated carbocycles. The quantitative estimate of drug-likeness (QED) is 0.864. The topological polar surface area (TPSA) is 79.0 Å². The van der Waals surface area contributed by atoms with Crippen molar-refractivity contribution in [3.8, 4) is 5.75 Å². The van der Waals surface area contributed by atoms with Crippen molar-refractivity contribution in [2.45, 2.75) is 18.7 Å². The number of nitrogens with zero attached hydrogens (tertiary/aromatic N) is 2. The Labute approximate surface area is 137 Å². The first-order chi connectivity index (χ1) is 10.9. The predicted octanol–water partition coefficient (Wildman–Crippen LogP) is 0.980. The van der Waals surface area contributed by atoms with Crippen molar-refractivity contribution >= 4 is 21.6 Å². The molecule has 1 aliphatic heterocycles. The molecule has 1 aromatic carbocycles. The maximum atomic E-state index is 12.7. The fourth-order valence-electron chi connectivity index (χ4n) is 2.56. The summed E-state index contributed by atoms with van der Waals surface area (Å²) in [6, 6.07) is 4.50. The largest absolute Gasteiger partial charge is 0.495 e. The van der Waals surface area contributed by atoms with Crippen LogP contribution in [0.1, 0.15) is 13.8 Å². The highest BCUT2D eigenvalue weighted by molar-refractivity contribution is 7.89. The average molecular weight is 341 g/mol. The standard InChI is InChI=1S/C15H23N3O4S/c1-4-17-7-9-18(10-8-17)23(20,21)13-5-6-14(16-12(2)19)15(11-13)22-3/h5-6,11H,4,7-10H2,1-3H3,(H,16,19). The van der Waals surface area contributed by atoms with Crippen LogP contribution in [0.5, 0.6) is 5.75 Å². The van der Waals surface area contributed by atoms with Crippen LogP contribution in [0.3, 0.4) is 0 Å². The number of hydrogen-bond acceptors (Lipinski definition) is 5. The monoisotopic (exact) mass is 341 g/mol. The van der Waals surface area contributed by atoms with Crippen LogP contribution in [0.2, 0.25) is 0 Å². The maximum absolute atomic E-state index is 12.7. The number of carbonyl (C=O) groups is 1. The molecule has 0 radical (unpaired) electrons. The first-order valence-corrected chi connectivity index (χ1v) is 9.00. The van der Waals surface area contributed by atoms with Gasteiger partial charge in [0, 0.05) is 39.2 Å². The zero-order chi connectivity index (χ0) is 17.0. The molecule has 1 heterocycles. The summed E-state index contributed by atoms with van der Waals surface area (Å²) >= 11 is 0. The van der Waals surface area contributed by atoms with Crippen LogP contribution < -0.4 is 10.1 Å². The Morgan fingerprint density at radius 2 is 1.91 bits per heavy atom. The van der Waals surface area contributed by atoms with Crippen LogP contribution in [0.4, 0.5) is 5.69 Å². The van der Waals surface area contributed by atoms with E-state index in [-0.39, 0.29) is 10.8 Å². The number of ether oxygens (including phenoxy) is 1. The van der Waals surface area contributed by atoms with Crippen molar-refractivity contribution in [3.05, 3.63) is 18.2 Å². The lowest BCUT2D eigenvalue weighted by molar-refractivity contribution is -0.114. The van der Waals surface area contributed by atoms with Gasteiger partial charge in [-0.25, -0.2) is 8.42 Å². The van der Waals surface area contributed by atoms with Gasteiger partial charge >= 0.3 is 0 Å². The predicted molar refractivity (Wildman–Crippen MR) is 88.2 cm³/mol. The first kappa shape index (κ1) is 17.7. The molecule has 0 aliphatic carbocycles. The van der Waals surface area contributed by atoms with E-state index in [9.17, 15) is 13.2 Å². The number of sulfonamides is 1. The number of carbonyl (C=O) groups excluding carboxylic acids is 1. The van der Waals surface area contributed by atoms with Crippen LogP contribution in [-0.4, -0.2) is 63.4 Å². The molecule has 0 unspecified atom stereocenters. The van der Waals surface area contributed by atoms with Crippen molar-refractivity contribution in [3.63, 3.8) is 0 Å². The number of methoxy groups -OCH3 is 1. The summed E-state index contributed by atoms with van der Waals surface area (Å²) in [4.78, 5) is 13.6. The van der Waals surface area contributed by atoms with Gasteiger partial charge in [0.15, 0.2) is 0 Å². The summed E-state index contributed by atoms with van der Waals surface area (Å²) in [5, 5.41) is 2.62. The third kappa shape index (κ3) is 4.01. The van der Waals surface area contributed by atoms with E-state index in [1.807, 2.05) is 0 Å². The highest BCUT2D eigenvalue weighted by atomic mass is 32.2. The van der Waals surface area contributed by atoms with E-state index >= 15 is 0 Å². The summed E-state index contributed by atoms with van der Waals surface area (Å²) in [5.41, 5.74) is 0.453. The molecular formula is C15H23N3O4S. The number of likely N-dealkylation sites (N-methyl/N-ethyl adjacent to an activating group) is 1. The van der Waals surface area contributed by atoms with Gasteiger partial charge in [-0.3, -0.25) is 4.79 Å². The van der Waals surface area contributed by atoms with Crippen LogP contribution >= 0.6 is 0 Å². The zero-order valence-corrected chi connectivity index (χ0v) is 14.5. The summed E-state index contributed by atoms with van der Waals surface area (Å²) < 4.78 is 32.2. The first-order valence-electron chi connectivity index (χ1n) is 7.56. The summed E-state index contributed by atoms with van der Waals surface area (Å²) in [6.45, 7) is 6.80. The lowest BCUT2D eigenvalue weighted by atomic mass is 10.3. The molecule has 1 saturated heterocycles. The summed E-state index contributed by atoms with van der Waals surface area (Å²) in [6.07, 6.45) is 0. The Kier molecular flexibility index (Phi) is 5.61. The van der Waals surface area contributed by atoms with Crippen molar-refractivity contribution < 1.29 is 17.9 Å². The van der Waals surface area contributed by atoms with E-state index in [1.54, 1.807) is 6.07 Å². The van der Waals surface area contributed by atoms with Gasteiger partial charge in [-0.15, -0.1) is 0 Å². The van der Waals surface area contributed by atoms with Crippen LogP contribution in [0, 0.1) is 0 Å². The van der Waals surface area contributed by atoms with E-state index in [0.29, 0.717) is 24.5 Å². The minimum atomic E-state index is -3.56. The Balaban J connectivity index is 2.24. The normalized spacial score (nSPS) is 17.0. The van der Waals surface area contributed by atoms with E-state index in [0.717, 1.165) is 19.6 Å². The second kappa shape index (κ2) is 7.29. The molecule has 1 aliphatic rings. The molecule has 1 N–H and O–H groups in total. The smallest absolute Gasteiger partial charge is 0.243 e. The Morgan fingerprint density at radius 3 is 2.43 bits per heavy atom. The van der Waals surface area contributed by atoms with Gasteiger partial charge in [0.25, 0.3) is 0 Å². The summed E-state index contributed by atoms with van der Waals surface area (Å²) in [5.74, 6) is 0.0862. The van der Waals surface area contributed by atoms with E-state index in [1.165, 1.54) is 30.5 Å². The molecule has 23 heavy (non-hydrogen) atoms. The van der Waals surface area contributed by atoms with Crippen LogP contribution in [0.15, 0.2) is 23.1 Å². The molecule has 0 atom stereocenters. The minimum absolute atomic E-state index is 0.174. The molecule has 1 fully saturated rings. The third-order valence-corrected chi connectivity index (χ3v) is 5.79. The van der Waals surface area contributed by atoms with Gasteiger partial charge < -0.3 is 15.0 Å². The fourth-order valence-corrected chi connectivity index (χ4v) is 4.00. The highest BCUT2D eigenvalue weighted by Gasteiger charge is 2.28. The number of anilines is 1. The number of rotatable bonds is 5. The Hall–Kier alpha value is -1.64. The van der Waals surface area contributed by atoms with Gasteiger partial charge in [-0.05, 0) is 18.7 Å². The van der Waals surface area contributed by atoms with Gasteiger partial charge in [-0.2, -0.15) is 4.31 Å². The number of piperazine rings is 1. The molecule has 0 aromatic heterocycles. The van der Waals surface area contributed by atoms with Gasteiger partial charge in [0.1, 0.15) is 5.75 Å². The number of benzene rings is 1. The Bertz CT molecular complexity index is 667. The van der Waals surface area contributed by atoms with Crippen molar-refractivity contribution in [1.82, 2.24) is 9.21 Å². The number of hydrogen-bond donors (Lipinski definition) is 1. The fraction of sp³-hybridized carbons (Fsp3) is 0.533. The lowest BCUT2D eigenvalue weighted by Crippen LogP contribution is -2.48. The van der Waals surface area contributed by atoms with Gasteiger partial charge in [0.05, 0.1) is 17.7 Å². The number of nitrogens with one attached hydrogen (secondary N) is 1. The zero-order valence-electron chi connectivity index (χ0n) is 13.7. The molecule has 0 bridgehead atoms. The highest BCUT2D eigenvalue weighted by Crippen LogP contribution is 2.29. The molecule has 7 nitrogen and oxygen atoms in total. The second-order valence-electron chi connectivity index (χ2n) is 5.38. The van der Waals surface area contributed by atoms with Gasteiger partial charge in [-0.1, -0.05) is 6.92 Å². The Morgan fingerprint density at radius 1 is 1.26 bits per heavy atom. The molecule has 1 amide bonds. The van der Waals surface area contributed by atoms with Crippen LogP contribution in [-0.2, 0) is 14.8 Å². The van der Waals surface area contributed by atoms with Crippen molar-refractivity contribution in [1.29, 1.82) is 0 Å². The minimum Gasteiger partial charge on any atom is -0.495 e. The van der Waals surface area contributed by atoms with Crippen molar-refractivity contribution in [2.24, 2.45) is 0 Å². The van der Waals surface area contributed by atoms with E-state index in [4.69, 9.17) is 4.74 Å². The lowest BCUT2D eigenvalue weighted by Gasteiger charge is -2.33. The van der Waals surface area contributed by atoms with E-state index < -0.39 is 10.0 Å². The molecule has 2 rings (SSSR count). The maximum Gasteiger partial charge on any atom is 0.243 e.